The van der Waals surface area contributed by atoms with Gasteiger partial charge in [-0.05, 0) is 72.2 Å². The molecule has 1 N–H and O–H groups in total. The van der Waals surface area contributed by atoms with Gasteiger partial charge in [0.15, 0.2) is 0 Å². The number of likely N-dealkylation sites (tertiary alicyclic amines) is 1. The molecule has 0 aliphatic carbocycles. The largest absolute Gasteiger partial charge is 0.489 e. The molecule has 0 spiro atoms. The SMILES string of the molecule is CC1(C)COCC[C@H]1c1ccc2cc(CN3CC[C@H](Oc4ccc5c(c4)CN(C4CCC(=O)NC4=O)C5=O)C3)ccc2n1. The van der Waals surface area contributed by atoms with E-state index < -0.39 is 11.9 Å². The van der Waals surface area contributed by atoms with Crippen molar-refractivity contribution >= 4 is 28.6 Å². The Bertz CT molecular complexity index is 1600. The van der Waals surface area contributed by atoms with Gasteiger partial charge in [-0.25, -0.2) is 0 Å². The first-order chi connectivity index (χ1) is 20.7. The third-order valence-corrected chi connectivity index (χ3v) is 9.53. The summed E-state index contributed by atoms with van der Waals surface area (Å²) in [7, 11) is 0. The molecule has 1 unspecified atom stereocenters. The number of ether oxygens (including phenoxy) is 2. The van der Waals surface area contributed by atoms with Crippen LogP contribution in [0.15, 0.2) is 48.5 Å². The van der Waals surface area contributed by atoms with Gasteiger partial charge in [-0.1, -0.05) is 26.0 Å². The molecule has 9 nitrogen and oxygen atoms in total. The highest BCUT2D eigenvalue weighted by Crippen LogP contribution is 2.41. The number of amides is 3. The minimum atomic E-state index is -0.613. The highest BCUT2D eigenvalue weighted by molar-refractivity contribution is 6.05. The second-order valence-corrected chi connectivity index (χ2v) is 13.1. The third kappa shape index (κ3) is 5.52. The van der Waals surface area contributed by atoms with Gasteiger partial charge in [-0.2, -0.15) is 0 Å². The quantitative estimate of drug-likeness (QED) is 0.435. The number of carbonyl (C=O) groups is 3. The van der Waals surface area contributed by atoms with Crippen LogP contribution < -0.4 is 10.1 Å². The lowest BCUT2D eigenvalue weighted by atomic mass is 9.74. The molecule has 3 saturated heterocycles. The van der Waals surface area contributed by atoms with Crippen molar-refractivity contribution in [3.8, 4) is 5.75 Å². The Balaban J connectivity index is 0.965. The first kappa shape index (κ1) is 28.0. The number of imide groups is 1. The van der Waals surface area contributed by atoms with Crippen molar-refractivity contribution in [1.82, 2.24) is 20.1 Å². The van der Waals surface area contributed by atoms with E-state index in [0.717, 1.165) is 73.6 Å². The zero-order valence-electron chi connectivity index (χ0n) is 24.8. The fourth-order valence-corrected chi connectivity index (χ4v) is 7.17. The van der Waals surface area contributed by atoms with Gasteiger partial charge in [-0.15, -0.1) is 0 Å². The zero-order chi connectivity index (χ0) is 29.7. The van der Waals surface area contributed by atoms with Gasteiger partial charge in [-0.3, -0.25) is 29.6 Å². The molecule has 0 bridgehead atoms. The summed E-state index contributed by atoms with van der Waals surface area (Å²) in [5, 5.41) is 3.52. The minimum absolute atomic E-state index is 0.0638. The van der Waals surface area contributed by atoms with Crippen molar-refractivity contribution in [2.75, 3.05) is 26.3 Å². The third-order valence-electron chi connectivity index (χ3n) is 9.53. The molecule has 3 fully saturated rings. The maximum Gasteiger partial charge on any atom is 0.255 e. The average molecular weight is 583 g/mol. The van der Waals surface area contributed by atoms with E-state index in [2.05, 4.69) is 54.4 Å². The molecule has 4 aliphatic rings. The fourth-order valence-electron chi connectivity index (χ4n) is 7.17. The molecule has 4 aliphatic heterocycles. The van der Waals surface area contributed by atoms with Crippen molar-refractivity contribution in [2.24, 2.45) is 5.41 Å². The van der Waals surface area contributed by atoms with Crippen molar-refractivity contribution < 1.29 is 23.9 Å². The van der Waals surface area contributed by atoms with Crippen LogP contribution in [0.1, 0.15) is 72.6 Å². The van der Waals surface area contributed by atoms with Gasteiger partial charge in [0.25, 0.3) is 5.91 Å². The van der Waals surface area contributed by atoms with E-state index in [1.807, 2.05) is 12.1 Å². The zero-order valence-corrected chi connectivity index (χ0v) is 24.8. The topological polar surface area (TPSA) is 101 Å². The standard InChI is InChI=1S/C34H38N4O5/c1-34(2)20-42-14-12-27(34)29-8-4-22-15-21(3-7-28(22)35-29)17-37-13-11-25(19-37)43-24-5-6-26-23(16-24)18-38(33(26)41)30-9-10-31(39)36-32(30)40/h3-8,15-16,25,27,30H,9-14,17-20H2,1-2H3,(H,36,39,40)/t25-,27-,30?/m0/s1. The van der Waals surface area contributed by atoms with Crippen LogP contribution in [-0.4, -0.2) is 71.0 Å². The molecular formula is C34H38N4O5. The van der Waals surface area contributed by atoms with Crippen LogP contribution in [0.2, 0.25) is 0 Å². The van der Waals surface area contributed by atoms with Crippen molar-refractivity contribution in [3.63, 3.8) is 0 Å². The predicted molar refractivity (Wildman–Crippen MR) is 160 cm³/mol. The molecule has 43 heavy (non-hydrogen) atoms. The molecule has 0 radical (unpaired) electrons. The molecule has 9 heteroatoms. The molecule has 0 saturated carbocycles. The number of piperidine rings is 1. The molecule has 3 aromatic rings. The summed E-state index contributed by atoms with van der Waals surface area (Å²) >= 11 is 0. The highest BCUT2D eigenvalue weighted by atomic mass is 16.5. The summed E-state index contributed by atoms with van der Waals surface area (Å²) in [6, 6.07) is 15.9. The van der Waals surface area contributed by atoms with E-state index in [0.29, 0.717) is 24.4 Å². The molecular weight excluding hydrogens is 544 g/mol. The summed E-state index contributed by atoms with van der Waals surface area (Å²) in [4.78, 5) is 45.9. The van der Waals surface area contributed by atoms with Crippen molar-refractivity contribution in [3.05, 3.63) is 70.9 Å². The fraction of sp³-hybridized carbons (Fsp3) is 0.471. The van der Waals surface area contributed by atoms with Crippen LogP contribution in [-0.2, 0) is 27.4 Å². The molecule has 1 aromatic heterocycles. The number of nitrogens with one attached hydrogen (secondary N) is 1. The first-order valence-corrected chi connectivity index (χ1v) is 15.4. The van der Waals surface area contributed by atoms with Gasteiger partial charge in [0.05, 0.1) is 12.1 Å². The number of nitrogens with zero attached hydrogens (tertiary/aromatic N) is 3. The van der Waals surface area contributed by atoms with Gasteiger partial charge in [0, 0.05) is 61.8 Å². The van der Waals surface area contributed by atoms with E-state index in [1.54, 1.807) is 11.0 Å². The van der Waals surface area contributed by atoms with Gasteiger partial charge < -0.3 is 14.4 Å². The summed E-state index contributed by atoms with van der Waals surface area (Å²) in [5.41, 5.74) is 5.00. The number of fused-ring (bicyclic) bond motifs is 2. The van der Waals surface area contributed by atoms with Crippen LogP contribution >= 0.6 is 0 Å². The number of pyridine rings is 1. The second-order valence-electron chi connectivity index (χ2n) is 13.1. The Morgan fingerprint density at radius 1 is 1.05 bits per heavy atom. The van der Waals surface area contributed by atoms with E-state index in [9.17, 15) is 14.4 Å². The maximum absolute atomic E-state index is 13.0. The summed E-state index contributed by atoms with van der Waals surface area (Å²) in [6.45, 7) is 9.07. The van der Waals surface area contributed by atoms with Crippen LogP contribution in [0.5, 0.6) is 5.75 Å². The van der Waals surface area contributed by atoms with Crippen molar-refractivity contribution in [1.29, 1.82) is 0 Å². The number of hydrogen-bond acceptors (Lipinski definition) is 7. The Kier molecular flexibility index (Phi) is 7.18. The van der Waals surface area contributed by atoms with E-state index in [1.165, 1.54) is 5.56 Å². The molecule has 7 rings (SSSR count). The van der Waals surface area contributed by atoms with Gasteiger partial charge in [0.1, 0.15) is 17.9 Å². The smallest absolute Gasteiger partial charge is 0.255 e. The van der Waals surface area contributed by atoms with Gasteiger partial charge >= 0.3 is 0 Å². The number of hydrogen-bond donors (Lipinski definition) is 1. The Morgan fingerprint density at radius 2 is 1.93 bits per heavy atom. The summed E-state index contributed by atoms with van der Waals surface area (Å²) in [5.74, 6) is 0.294. The molecule has 3 amide bonds. The Hall–Kier alpha value is -3.82. The minimum Gasteiger partial charge on any atom is -0.489 e. The lowest BCUT2D eigenvalue weighted by Crippen LogP contribution is -2.52. The summed E-state index contributed by atoms with van der Waals surface area (Å²) in [6.07, 6.45) is 2.60. The number of aromatic nitrogens is 1. The first-order valence-electron chi connectivity index (χ1n) is 15.4. The highest BCUT2D eigenvalue weighted by Gasteiger charge is 2.39. The van der Waals surface area contributed by atoms with Crippen molar-refractivity contribution in [2.45, 2.75) is 70.7 Å². The van der Waals surface area contributed by atoms with Crippen LogP contribution in [0.3, 0.4) is 0 Å². The Labute approximate surface area is 251 Å². The lowest BCUT2D eigenvalue weighted by molar-refractivity contribution is -0.136. The van der Waals surface area contributed by atoms with E-state index >= 15 is 0 Å². The molecule has 5 heterocycles. The monoisotopic (exact) mass is 582 g/mol. The van der Waals surface area contributed by atoms with Gasteiger partial charge in [0.2, 0.25) is 11.8 Å². The maximum atomic E-state index is 13.0. The summed E-state index contributed by atoms with van der Waals surface area (Å²) < 4.78 is 12.1. The normalized spacial score (nSPS) is 25.7. The van der Waals surface area contributed by atoms with E-state index in [-0.39, 0.29) is 29.8 Å². The second kappa shape index (κ2) is 11.0. The molecule has 2 aromatic carbocycles. The van der Waals surface area contributed by atoms with Crippen LogP contribution in [0, 0.1) is 5.41 Å². The van der Waals surface area contributed by atoms with Crippen LogP contribution in [0.4, 0.5) is 0 Å². The van der Waals surface area contributed by atoms with E-state index in [4.69, 9.17) is 14.5 Å². The lowest BCUT2D eigenvalue weighted by Gasteiger charge is -2.38. The van der Waals surface area contributed by atoms with Crippen LogP contribution in [0.25, 0.3) is 10.9 Å². The predicted octanol–water partition coefficient (Wildman–Crippen LogP) is 4.18. The average Bonchev–Trinajstić information content (AvgIpc) is 3.55. The number of carbonyl (C=O) groups excluding carboxylic acids is 3. The molecule has 3 atom stereocenters. The number of benzene rings is 2. The molecule has 224 valence electrons. The Morgan fingerprint density at radius 3 is 2.77 bits per heavy atom. The number of rotatable bonds is 6.